The highest BCUT2D eigenvalue weighted by atomic mass is 79.9. The highest BCUT2D eigenvalue weighted by molar-refractivity contribution is 9.10. The molecule has 1 aliphatic carbocycles. The van der Waals surface area contributed by atoms with Crippen LogP contribution in [0.2, 0.25) is 0 Å². The van der Waals surface area contributed by atoms with E-state index < -0.39 is 4.92 Å². The van der Waals surface area contributed by atoms with Gasteiger partial charge in [-0.3, -0.25) is 10.1 Å². The number of nitro benzene ring substituents is 1. The molecule has 2 rings (SSSR count). The number of nitrogens with zero attached hydrogens (tertiary/aromatic N) is 1. The van der Waals surface area contributed by atoms with Gasteiger partial charge in [-0.2, -0.15) is 0 Å². The Morgan fingerprint density at radius 1 is 1.59 bits per heavy atom. The Morgan fingerprint density at radius 3 is 2.76 bits per heavy atom. The molecule has 1 aromatic rings. The molecule has 3 N–H and O–H groups in total. The number of aromatic hydroxyl groups is 1. The van der Waals surface area contributed by atoms with Crippen molar-refractivity contribution in [3.05, 3.63) is 32.3 Å². The third-order valence-electron chi connectivity index (χ3n) is 2.96. The van der Waals surface area contributed by atoms with E-state index in [1.54, 1.807) is 6.07 Å². The molecule has 0 radical (unpaired) electrons. The Bertz CT molecular complexity index is 460. The maximum Gasteiger partial charge on any atom is 0.312 e. The van der Waals surface area contributed by atoms with E-state index in [0.717, 1.165) is 19.3 Å². The van der Waals surface area contributed by atoms with E-state index in [1.165, 1.54) is 6.07 Å². The van der Waals surface area contributed by atoms with Crippen molar-refractivity contribution in [3.63, 3.8) is 0 Å². The summed E-state index contributed by atoms with van der Waals surface area (Å²) < 4.78 is 0.559. The first-order valence-electron chi connectivity index (χ1n) is 5.41. The number of nitrogens with two attached hydrogens (primary N) is 1. The first-order chi connectivity index (χ1) is 7.99. The summed E-state index contributed by atoms with van der Waals surface area (Å²) in [6, 6.07) is 2.58. The van der Waals surface area contributed by atoms with Gasteiger partial charge in [0.2, 0.25) is 0 Å². The van der Waals surface area contributed by atoms with Crippen LogP contribution in [-0.4, -0.2) is 10.0 Å². The Hall–Kier alpha value is -1.14. The first-order valence-corrected chi connectivity index (χ1v) is 6.20. The number of rotatable bonds is 4. The minimum Gasteiger partial charge on any atom is -0.502 e. The van der Waals surface area contributed by atoms with Gasteiger partial charge in [0, 0.05) is 22.1 Å². The second-order valence-electron chi connectivity index (χ2n) is 4.41. The zero-order valence-corrected chi connectivity index (χ0v) is 10.7. The summed E-state index contributed by atoms with van der Waals surface area (Å²) in [5.74, 6) is 0.286. The number of benzene rings is 1. The van der Waals surface area contributed by atoms with Crippen LogP contribution in [0.15, 0.2) is 16.6 Å². The molecule has 1 fully saturated rings. The molecule has 0 aliphatic heterocycles. The lowest BCUT2D eigenvalue weighted by Crippen LogP contribution is -2.11. The standard InChI is InChI=1S/C11H13BrN2O3/c12-7-4-8(9(13)3-6-1-2-6)11(15)10(5-7)14(16)17/h4-6,9,15H,1-3,13H2/t9-/m0/s1. The van der Waals surface area contributed by atoms with Crippen LogP contribution in [0.5, 0.6) is 5.75 Å². The molecule has 0 unspecified atom stereocenters. The molecule has 1 aromatic carbocycles. The normalized spacial score (nSPS) is 16.8. The van der Waals surface area contributed by atoms with Crippen LogP contribution in [0, 0.1) is 16.0 Å². The second-order valence-corrected chi connectivity index (χ2v) is 5.32. The Labute approximate surface area is 107 Å². The van der Waals surface area contributed by atoms with E-state index >= 15 is 0 Å². The van der Waals surface area contributed by atoms with Crippen LogP contribution in [0.4, 0.5) is 5.69 Å². The van der Waals surface area contributed by atoms with Gasteiger partial charge < -0.3 is 10.8 Å². The molecule has 17 heavy (non-hydrogen) atoms. The van der Waals surface area contributed by atoms with Crippen molar-refractivity contribution in [2.45, 2.75) is 25.3 Å². The zero-order valence-electron chi connectivity index (χ0n) is 9.10. The molecule has 1 atom stereocenters. The minimum absolute atomic E-state index is 0.305. The van der Waals surface area contributed by atoms with E-state index in [2.05, 4.69) is 15.9 Å². The number of hydrogen-bond donors (Lipinski definition) is 2. The summed E-state index contributed by atoms with van der Waals surface area (Å²) in [4.78, 5) is 10.2. The second kappa shape index (κ2) is 4.62. The fourth-order valence-corrected chi connectivity index (χ4v) is 2.33. The monoisotopic (exact) mass is 300 g/mol. The fourth-order valence-electron chi connectivity index (χ4n) is 1.87. The number of nitro groups is 1. The summed E-state index contributed by atoms with van der Waals surface area (Å²) in [5.41, 5.74) is 6.11. The number of halogens is 1. The Kier molecular flexibility index (Phi) is 3.35. The molecule has 0 spiro atoms. The van der Waals surface area contributed by atoms with Gasteiger partial charge >= 0.3 is 5.69 Å². The van der Waals surface area contributed by atoms with Crippen LogP contribution in [0.1, 0.15) is 30.9 Å². The van der Waals surface area contributed by atoms with Crippen molar-refractivity contribution in [2.75, 3.05) is 0 Å². The molecule has 0 amide bonds. The van der Waals surface area contributed by atoms with Gasteiger partial charge in [0.1, 0.15) is 0 Å². The summed E-state index contributed by atoms with van der Waals surface area (Å²) in [7, 11) is 0. The van der Waals surface area contributed by atoms with Crippen molar-refractivity contribution >= 4 is 21.6 Å². The molecule has 0 aromatic heterocycles. The van der Waals surface area contributed by atoms with Crippen LogP contribution in [0.3, 0.4) is 0 Å². The van der Waals surface area contributed by atoms with Crippen LogP contribution >= 0.6 is 15.9 Å². The maximum atomic E-state index is 10.8. The summed E-state index contributed by atoms with van der Waals surface area (Å²) in [6.45, 7) is 0. The summed E-state index contributed by atoms with van der Waals surface area (Å²) in [5, 5.41) is 20.6. The molecule has 1 aliphatic rings. The molecule has 92 valence electrons. The summed E-state index contributed by atoms with van der Waals surface area (Å²) in [6.07, 6.45) is 3.08. The van der Waals surface area contributed by atoms with E-state index in [0.29, 0.717) is 16.0 Å². The topological polar surface area (TPSA) is 89.4 Å². The van der Waals surface area contributed by atoms with E-state index in [-0.39, 0.29) is 17.5 Å². The van der Waals surface area contributed by atoms with Crippen LogP contribution < -0.4 is 5.73 Å². The zero-order chi connectivity index (χ0) is 12.6. The molecule has 1 saturated carbocycles. The van der Waals surface area contributed by atoms with Crippen molar-refractivity contribution in [1.29, 1.82) is 0 Å². The van der Waals surface area contributed by atoms with Gasteiger partial charge in [-0.15, -0.1) is 0 Å². The van der Waals surface area contributed by atoms with E-state index in [1.807, 2.05) is 0 Å². The maximum absolute atomic E-state index is 10.8. The number of hydrogen-bond acceptors (Lipinski definition) is 4. The lowest BCUT2D eigenvalue weighted by Gasteiger charge is -2.13. The molecule has 0 heterocycles. The van der Waals surface area contributed by atoms with Gasteiger partial charge in [-0.25, -0.2) is 0 Å². The van der Waals surface area contributed by atoms with E-state index in [4.69, 9.17) is 5.73 Å². The molecule has 6 heteroatoms. The number of phenolic OH excluding ortho intramolecular Hbond substituents is 1. The average Bonchev–Trinajstić information content (AvgIpc) is 3.04. The van der Waals surface area contributed by atoms with Gasteiger partial charge in [-0.05, 0) is 18.4 Å². The van der Waals surface area contributed by atoms with Gasteiger partial charge in [0.05, 0.1) is 4.92 Å². The van der Waals surface area contributed by atoms with Gasteiger partial charge in [0.15, 0.2) is 5.75 Å². The highest BCUT2D eigenvalue weighted by Gasteiger charge is 2.28. The largest absolute Gasteiger partial charge is 0.502 e. The summed E-state index contributed by atoms with van der Waals surface area (Å²) >= 11 is 3.19. The highest BCUT2D eigenvalue weighted by Crippen LogP contribution is 2.41. The van der Waals surface area contributed by atoms with Crippen LogP contribution in [0.25, 0.3) is 0 Å². The van der Waals surface area contributed by atoms with Crippen molar-refractivity contribution < 1.29 is 10.0 Å². The third kappa shape index (κ3) is 2.76. The molecule has 0 saturated heterocycles. The quantitative estimate of drug-likeness (QED) is 0.661. The predicted octanol–water partition coefficient (Wildman–Crippen LogP) is 2.86. The third-order valence-corrected chi connectivity index (χ3v) is 3.42. The predicted molar refractivity (Wildman–Crippen MR) is 66.7 cm³/mol. The first kappa shape index (κ1) is 12.3. The Morgan fingerprint density at radius 2 is 2.24 bits per heavy atom. The Balaban J connectivity index is 2.34. The minimum atomic E-state index is -0.604. The van der Waals surface area contributed by atoms with Crippen molar-refractivity contribution in [2.24, 2.45) is 11.7 Å². The van der Waals surface area contributed by atoms with E-state index in [9.17, 15) is 15.2 Å². The molecular weight excluding hydrogens is 288 g/mol. The molecule has 0 bridgehead atoms. The SMILES string of the molecule is N[C@@H](CC1CC1)c1cc(Br)cc([N+](=O)[O-])c1O. The smallest absolute Gasteiger partial charge is 0.312 e. The van der Waals surface area contributed by atoms with Gasteiger partial charge in [-0.1, -0.05) is 28.8 Å². The van der Waals surface area contributed by atoms with Crippen molar-refractivity contribution in [3.8, 4) is 5.75 Å². The van der Waals surface area contributed by atoms with Gasteiger partial charge in [0.25, 0.3) is 0 Å². The lowest BCUT2D eigenvalue weighted by atomic mass is 10.0. The van der Waals surface area contributed by atoms with Crippen LogP contribution in [-0.2, 0) is 0 Å². The average molecular weight is 301 g/mol. The molecular formula is C11H13BrN2O3. The lowest BCUT2D eigenvalue weighted by molar-refractivity contribution is -0.386. The molecule has 5 nitrogen and oxygen atoms in total. The number of phenols is 1. The van der Waals surface area contributed by atoms with Crippen molar-refractivity contribution in [1.82, 2.24) is 0 Å². The fraction of sp³-hybridized carbons (Fsp3) is 0.455.